The van der Waals surface area contributed by atoms with Gasteiger partial charge in [0.2, 0.25) is 0 Å². The van der Waals surface area contributed by atoms with Gasteiger partial charge in [-0.25, -0.2) is 9.97 Å². The zero-order valence-electron chi connectivity index (χ0n) is 8.01. The van der Waals surface area contributed by atoms with Crippen molar-refractivity contribution in [3.8, 4) is 0 Å². The van der Waals surface area contributed by atoms with Crippen LogP contribution >= 0.6 is 11.3 Å². The van der Waals surface area contributed by atoms with Gasteiger partial charge in [-0.1, -0.05) is 11.3 Å². The van der Waals surface area contributed by atoms with Crippen molar-refractivity contribution >= 4 is 26.9 Å². The highest BCUT2D eigenvalue weighted by Gasteiger charge is 2.20. The van der Waals surface area contributed by atoms with Crippen LogP contribution in [0.25, 0.3) is 10.5 Å². The van der Waals surface area contributed by atoms with E-state index in [-0.39, 0.29) is 0 Å². The Hall–Kier alpha value is -1.27. The van der Waals surface area contributed by atoms with E-state index in [1.165, 1.54) is 11.3 Å². The van der Waals surface area contributed by atoms with Crippen molar-refractivity contribution in [3.05, 3.63) is 11.9 Å². The van der Waals surface area contributed by atoms with Crippen molar-refractivity contribution in [1.29, 1.82) is 0 Å². The molecule has 3 rings (SSSR count). The number of anilines is 1. The molecule has 1 unspecified atom stereocenters. The summed E-state index contributed by atoms with van der Waals surface area (Å²) in [5.41, 5.74) is 7.23. The molecule has 15 heavy (non-hydrogen) atoms. The lowest BCUT2D eigenvalue weighted by molar-refractivity contribution is 0.193. The summed E-state index contributed by atoms with van der Waals surface area (Å²) in [4.78, 5) is 13.6. The van der Waals surface area contributed by atoms with E-state index in [1.54, 1.807) is 6.20 Å². The van der Waals surface area contributed by atoms with Gasteiger partial charge in [0.1, 0.15) is 0 Å². The first kappa shape index (κ1) is 8.99. The number of nitrogens with zero attached hydrogens (tertiary/aromatic N) is 3. The molecule has 0 aromatic carbocycles. The van der Waals surface area contributed by atoms with E-state index in [9.17, 15) is 0 Å². The fraction of sp³-hybridized carbons (Fsp3) is 0.444. The molecule has 3 heterocycles. The Balaban J connectivity index is 2.04. The van der Waals surface area contributed by atoms with Gasteiger partial charge in [0.05, 0.1) is 18.5 Å². The number of nitrogens with two attached hydrogens (primary N) is 1. The van der Waals surface area contributed by atoms with Crippen LogP contribution in [0.4, 0.5) is 5.13 Å². The van der Waals surface area contributed by atoms with E-state index in [2.05, 4.69) is 15.0 Å². The van der Waals surface area contributed by atoms with Gasteiger partial charge >= 0.3 is 0 Å². The summed E-state index contributed by atoms with van der Waals surface area (Å²) in [6, 6.07) is 0. The molecular formula is C9H10N4OS. The highest BCUT2D eigenvalue weighted by Crippen LogP contribution is 2.26. The van der Waals surface area contributed by atoms with E-state index in [1.807, 2.05) is 0 Å². The van der Waals surface area contributed by atoms with Crippen LogP contribution in [-0.2, 0) is 4.74 Å². The number of hydrogen-bond acceptors (Lipinski definition) is 6. The molecule has 2 aromatic heterocycles. The molecule has 0 bridgehead atoms. The van der Waals surface area contributed by atoms with Gasteiger partial charge in [0.15, 0.2) is 15.6 Å². The maximum absolute atomic E-state index is 5.60. The normalized spacial score (nSPS) is 21.2. The monoisotopic (exact) mass is 222 g/mol. The largest absolute Gasteiger partial charge is 0.381 e. The van der Waals surface area contributed by atoms with E-state index in [4.69, 9.17) is 10.5 Å². The number of ether oxygens (including phenoxy) is 1. The molecule has 1 aliphatic rings. The van der Waals surface area contributed by atoms with Crippen molar-refractivity contribution in [2.45, 2.75) is 12.3 Å². The quantitative estimate of drug-likeness (QED) is 0.784. The summed E-state index contributed by atoms with van der Waals surface area (Å²) >= 11 is 1.38. The van der Waals surface area contributed by atoms with Crippen molar-refractivity contribution in [3.63, 3.8) is 0 Å². The number of hydrogen-bond donors (Lipinski definition) is 1. The van der Waals surface area contributed by atoms with Gasteiger partial charge in [-0.3, -0.25) is 0 Å². The molecule has 0 spiro atoms. The molecule has 0 amide bonds. The van der Waals surface area contributed by atoms with Crippen LogP contribution in [0.2, 0.25) is 0 Å². The van der Waals surface area contributed by atoms with Crippen LogP contribution in [0.1, 0.15) is 18.0 Å². The fourth-order valence-electron chi connectivity index (χ4n) is 1.71. The molecule has 0 aliphatic carbocycles. The number of nitrogen functional groups attached to an aromatic ring is 1. The Morgan fingerprint density at radius 3 is 3.20 bits per heavy atom. The first-order valence-electron chi connectivity index (χ1n) is 4.79. The predicted molar refractivity (Wildman–Crippen MR) is 57.8 cm³/mol. The summed E-state index contributed by atoms with van der Waals surface area (Å²) < 4.78 is 5.32. The van der Waals surface area contributed by atoms with Crippen LogP contribution in [-0.4, -0.2) is 28.2 Å². The minimum Gasteiger partial charge on any atom is -0.381 e. The molecule has 1 fully saturated rings. The standard InChI is InChI=1S/C9H10N4OS/c10-9-13-7-8(15-9)12-6(3-11-7)5-1-2-14-4-5/h3,5H,1-2,4H2,(H2,10,11,13). The first-order valence-corrected chi connectivity index (χ1v) is 5.61. The Bertz CT molecular complexity index is 492. The Kier molecular flexibility index (Phi) is 2.03. The second-order valence-electron chi connectivity index (χ2n) is 3.54. The van der Waals surface area contributed by atoms with Crippen LogP contribution in [0.5, 0.6) is 0 Å². The third-order valence-corrected chi connectivity index (χ3v) is 3.27. The third-order valence-electron chi connectivity index (χ3n) is 2.51. The maximum Gasteiger partial charge on any atom is 0.191 e. The third kappa shape index (κ3) is 1.55. The van der Waals surface area contributed by atoms with Gasteiger partial charge in [-0.15, -0.1) is 0 Å². The summed E-state index contributed by atoms with van der Waals surface area (Å²) in [6.07, 6.45) is 2.80. The average molecular weight is 222 g/mol. The molecular weight excluding hydrogens is 212 g/mol. The summed E-state index contributed by atoms with van der Waals surface area (Å²) in [7, 11) is 0. The Labute approximate surface area is 90.3 Å². The van der Waals surface area contributed by atoms with Crippen molar-refractivity contribution in [2.24, 2.45) is 0 Å². The lowest BCUT2D eigenvalue weighted by Crippen LogP contribution is -2.01. The zero-order valence-corrected chi connectivity index (χ0v) is 8.83. The van der Waals surface area contributed by atoms with Crippen molar-refractivity contribution < 1.29 is 4.74 Å². The molecule has 0 saturated carbocycles. The molecule has 1 atom stereocenters. The molecule has 1 aliphatic heterocycles. The van der Waals surface area contributed by atoms with E-state index >= 15 is 0 Å². The SMILES string of the molecule is Nc1nc2ncc(C3CCOC3)nc2s1. The fourth-order valence-corrected chi connectivity index (χ4v) is 2.39. The van der Waals surface area contributed by atoms with Gasteiger partial charge in [0.25, 0.3) is 0 Å². The van der Waals surface area contributed by atoms with Crippen molar-refractivity contribution in [2.75, 3.05) is 18.9 Å². The van der Waals surface area contributed by atoms with Gasteiger partial charge in [-0.2, -0.15) is 4.98 Å². The maximum atomic E-state index is 5.60. The minimum absolute atomic E-state index is 0.380. The molecule has 1 saturated heterocycles. The molecule has 78 valence electrons. The molecule has 0 radical (unpaired) electrons. The Morgan fingerprint density at radius 2 is 2.40 bits per heavy atom. The van der Waals surface area contributed by atoms with Crippen LogP contribution < -0.4 is 5.73 Å². The molecule has 5 nitrogen and oxygen atoms in total. The summed E-state index contributed by atoms with van der Waals surface area (Å²) in [6.45, 7) is 1.56. The smallest absolute Gasteiger partial charge is 0.191 e. The number of rotatable bonds is 1. The number of aromatic nitrogens is 3. The average Bonchev–Trinajstić information content (AvgIpc) is 2.82. The van der Waals surface area contributed by atoms with E-state index < -0.39 is 0 Å². The summed E-state index contributed by atoms with van der Waals surface area (Å²) in [5, 5.41) is 0.518. The van der Waals surface area contributed by atoms with Gasteiger partial charge in [0, 0.05) is 12.5 Å². The predicted octanol–water partition coefficient (Wildman–Crippen LogP) is 1.17. The zero-order chi connectivity index (χ0) is 10.3. The summed E-state index contributed by atoms with van der Waals surface area (Å²) in [5.74, 6) is 0.380. The molecule has 2 N–H and O–H groups in total. The van der Waals surface area contributed by atoms with Gasteiger partial charge < -0.3 is 10.5 Å². The topological polar surface area (TPSA) is 73.9 Å². The van der Waals surface area contributed by atoms with Crippen LogP contribution in [0.15, 0.2) is 6.20 Å². The lowest BCUT2D eigenvalue weighted by Gasteiger charge is -2.04. The highest BCUT2D eigenvalue weighted by molar-refractivity contribution is 7.21. The second kappa shape index (κ2) is 3.39. The van der Waals surface area contributed by atoms with Crippen LogP contribution in [0.3, 0.4) is 0 Å². The minimum atomic E-state index is 0.380. The van der Waals surface area contributed by atoms with E-state index in [0.29, 0.717) is 16.7 Å². The van der Waals surface area contributed by atoms with E-state index in [0.717, 1.165) is 30.2 Å². The number of fused-ring (bicyclic) bond motifs is 1. The number of thiazole rings is 1. The van der Waals surface area contributed by atoms with Crippen molar-refractivity contribution in [1.82, 2.24) is 15.0 Å². The highest BCUT2D eigenvalue weighted by atomic mass is 32.1. The Morgan fingerprint density at radius 1 is 1.47 bits per heavy atom. The molecule has 6 heteroatoms. The lowest BCUT2D eigenvalue weighted by atomic mass is 10.1. The van der Waals surface area contributed by atoms with Crippen LogP contribution in [0, 0.1) is 0 Å². The first-order chi connectivity index (χ1) is 7.33. The molecule has 2 aromatic rings. The van der Waals surface area contributed by atoms with Gasteiger partial charge in [-0.05, 0) is 6.42 Å². The second-order valence-corrected chi connectivity index (χ2v) is 4.55.